The molecule has 2 aromatic carbocycles. The van der Waals surface area contributed by atoms with E-state index in [1.165, 1.54) is 16.9 Å². The fourth-order valence-corrected chi connectivity index (χ4v) is 5.33. The number of nitrogens with two attached hydrogens (primary N) is 1. The summed E-state index contributed by atoms with van der Waals surface area (Å²) in [5.74, 6) is 0.618. The molecule has 34 heavy (non-hydrogen) atoms. The molecule has 0 spiro atoms. The molecule has 8 heteroatoms. The smallest absolute Gasteiger partial charge is 0.273 e. The van der Waals surface area contributed by atoms with Gasteiger partial charge in [-0.3, -0.25) is 9.36 Å². The molecule has 172 valence electrons. The van der Waals surface area contributed by atoms with Crippen molar-refractivity contribution in [2.45, 2.75) is 32.0 Å². The van der Waals surface area contributed by atoms with E-state index >= 15 is 0 Å². The molecule has 4 aromatic rings. The van der Waals surface area contributed by atoms with Gasteiger partial charge in [-0.1, -0.05) is 48.5 Å². The van der Waals surface area contributed by atoms with Crippen LogP contribution < -0.4 is 21.5 Å². The van der Waals surface area contributed by atoms with Crippen molar-refractivity contribution in [3.8, 4) is 6.07 Å². The molecule has 1 saturated heterocycles. The minimum Gasteiger partial charge on any atom is -0.373 e. The lowest BCUT2D eigenvalue weighted by Crippen LogP contribution is -2.45. The summed E-state index contributed by atoms with van der Waals surface area (Å²) in [5, 5.41) is 13.9. The first-order valence-corrected chi connectivity index (χ1v) is 12.2. The Kier molecular flexibility index (Phi) is 6.30. The Hall–Kier alpha value is -3.67. The summed E-state index contributed by atoms with van der Waals surface area (Å²) in [5.41, 5.74) is 9.38. The molecule has 7 nitrogen and oxygen atoms in total. The van der Waals surface area contributed by atoms with Crippen molar-refractivity contribution < 1.29 is 0 Å². The van der Waals surface area contributed by atoms with Crippen molar-refractivity contribution in [3.05, 3.63) is 87.7 Å². The second-order valence-corrected chi connectivity index (χ2v) is 9.64. The maximum absolute atomic E-state index is 13.7. The standard InChI is InChI=1S/C26H26N6OS/c27-14-19-9-4-5-10-20(19)16-32-25(33)24-22(30-26(32)31-12-6-11-21(28)17-31)13-23(34-24)29-15-18-7-2-1-3-8-18/h1-5,7-10,13,21,29H,6,11-12,15-17,28H2. The number of nitrogens with zero attached hydrogens (tertiary/aromatic N) is 4. The van der Waals surface area contributed by atoms with Gasteiger partial charge < -0.3 is 16.0 Å². The van der Waals surface area contributed by atoms with Gasteiger partial charge in [-0.15, -0.1) is 11.3 Å². The highest BCUT2D eigenvalue weighted by Crippen LogP contribution is 2.29. The Morgan fingerprint density at radius 3 is 2.76 bits per heavy atom. The zero-order valence-corrected chi connectivity index (χ0v) is 19.6. The van der Waals surface area contributed by atoms with Crippen LogP contribution in [0.2, 0.25) is 0 Å². The lowest BCUT2D eigenvalue weighted by atomic mass is 10.1. The second kappa shape index (κ2) is 9.67. The summed E-state index contributed by atoms with van der Waals surface area (Å²) in [6, 6.07) is 21.8. The summed E-state index contributed by atoms with van der Waals surface area (Å²) in [7, 11) is 0. The highest BCUT2D eigenvalue weighted by atomic mass is 32.1. The summed E-state index contributed by atoms with van der Waals surface area (Å²) < 4.78 is 2.31. The summed E-state index contributed by atoms with van der Waals surface area (Å²) >= 11 is 1.42. The molecular weight excluding hydrogens is 444 g/mol. The second-order valence-electron chi connectivity index (χ2n) is 8.58. The average molecular weight is 471 g/mol. The van der Waals surface area contributed by atoms with E-state index in [1.54, 1.807) is 10.6 Å². The lowest BCUT2D eigenvalue weighted by Gasteiger charge is -2.33. The van der Waals surface area contributed by atoms with Gasteiger partial charge in [-0.25, -0.2) is 4.98 Å². The van der Waals surface area contributed by atoms with Gasteiger partial charge in [-0.05, 0) is 36.1 Å². The number of piperidine rings is 1. The van der Waals surface area contributed by atoms with Crippen LogP contribution in [0.15, 0.2) is 65.5 Å². The monoisotopic (exact) mass is 470 g/mol. The van der Waals surface area contributed by atoms with Crippen LogP contribution in [0.1, 0.15) is 29.5 Å². The summed E-state index contributed by atoms with van der Waals surface area (Å²) in [6.45, 7) is 2.42. The van der Waals surface area contributed by atoms with Crippen LogP contribution in [0.4, 0.5) is 10.9 Å². The highest BCUT2D eigenvalue weighted by Gasteiger charge is 2.24. The molecular formula is C26H26N6OS. The molecule has 0 aliphatic carbocycles. The number of fused-ring (bicyclic) bond motifs is 1. The van der Waals surface area contributed by atoms with Crippen LogP contribution in [0.5, 0.6) is 0 Å². The zero-order valence-electron chi connectivity index (χ0n) is 18.8. The van der Waals surface area contributed by atoms with Crippen LogP contribution in [0.3, 0.4) is 0 Å². The number of anilines is 2. The third kappa shape index (κ3) is 4.53. The number of benzene rings is 2. The number of rotatable bonds is 6. The van der Waals surface area contributed by atoms with Crippen LogP contribution in [0, 0.1) is 11.3 Å². The van der Waals surface area contributed by atoms with Crippen molar-refractivity contribution in [1.82, 2.24) is 9.55 Å². The predicted octanol–water partition coefficient (Wildman–Crippen LogP) is 3.92. The average Bonchev–Trinajstić information content (AvgIpc) is 3.29. The molecule has 0 radical (unpaired) electrons. The largest absolute Gasteiger partial charge is 0.373 e. The zero-order chi connectivity index (χ0) is 23.5. The quantitative estimate of drug-likeness (QED) is 0.443. The molecule has 1 atom stereocenters. The molecule has 5 rings (SSSR count). The van der Waals surface area contributed by atoms with Crippen molar-refractivity contribution in [2.75, 3.05) is 23.3 Å². The molecule has 0 amide bonds. The Morgan fingerprint density at radius 2 is 1.97 bits per heavy atom. The van der Waals surface area contributed by atoms with Crippen LogP contribution in [-0.4, -0.2) is 28.7 Å². The van der Waals surface area contributed by atoms with Crippen LogP contribution in [0.25, 0.3) is 10.2 Å². The van der Waals surface area contributed by atoms with Gasteiger partial charge in [-0.2, -0.15) is 5.26 Å². The topological polar surface area (TPSA) is 100.0 Å². The number of aromatic nitrogens is 2. The summed E-state index contributed by atoms with van der Waals surface area (Å²) in [4.78, 5) is 20.8. The minimum atomic E-state index is -0.0929. The van der Waals surface area contributed by atoms with Gasteiger partial charge in [0.15, 0.2) is 0 Å². The van der Waals surface area contributed by atoms with E-state index in [9.17, 15) is 10.1 Å². The Morgan fingerprint density at radius 1 is 1.18 bits per heavy atom. The molecule has 3 heterocycles. The van der Waals surface area contributed by atoms with Crippen molar-refractivity contribution in [3.63, 3.8) is 0 Å². The first kappa shape index (κ1) is 22.1. The van der Waals surface area contributed by atoms with Gasteiger partial charge in [0.05, 0.1) is 28.7 Å². The van der Waals surface area contributed by atoms with E-state index in [0.29, 0.717) is 34.8 Å². The third-order valence-electron chi connectivity index (χ3n) is 6.13. The first-order chi connectivity index (χ1) is 16.6. The fraction of sp³-hybridized carbons (Fsp3) is 0.269. The van der Waals surface area contributed by atoms with Gasteiger partial charge >= 0.3 is 0 Å². The molecule has 3 N–H and O–H groups in total. The maximum atomic E-state index is 13.7. The maximum Gasteiger partial charge on any atom is 0.273 e. The lowest BCUT2D eigenvalue weighted by molar-refractivity contribution is 0.492. The fourth-order valence-electron chi connectivity index (χ4n) is 4.38. The molecule has 0 saturated carbocycles. The SMILES string of the molecule is N#Cc1ccccc1Cn1c(N2CCCC(N)C2)nc2cc(NCc3ccccc3)sc2c1=O. The summed E-state index contributed by atoms with van der Waals surface area (Å²) in [6.07, 6.45) is 1.92. The number of hydrogen-bond donors (Lipinski definition) is 2. The molecule has 1 unspecified atom stereocenters. The predicted molar refractivity (Wildman–Crippen MR) is 137 cm³/mol. The van der Waals surface area contributed by atoms with Gasteiger partial charge in [0, 0.05) is 25.7 Å². The van der Waals surface area contributed by atoms with Crippen molar-refractivity contribution >= 4 is 32.5 Å². The van der Waals surface area contributed by atoms with Gasteiger partial charge in [0.2, 0.25) is 5.95 Å². The number of nitrogens with one attached hydrogen (secondary N) is 1. The number of hydrogen-bond acceptors (Lipinski definition) is 7. The Balaban J connectivity index is 1.56. The molecule has 0 bridgehead atoms. The molecule has 2 aromatic heterocycles. The number of nitriles is 1. The van der Waals surface area contributed by atoms with Crippen molar-refractivity contribution in [1.29, 1.82) is 5.26 Å². The van der Waals surface area contributed by atoms with E-state index < -0.39 is 0 Å². The van der Waals surface area contributed by atoms with E-state index in [1.807, 2.05) is 42.5 Å². The first-order valence-electron chi connectivity index (χ1n) is 11.4. The Bertz CT molecular complexity index is 1400. The van der Waals surface area contributed by atoms with Gasteiger partial charge in [0.1, 0.15) is 4.70 Å². The molecule has 1 fully saturated rings. The van der Waals surface area contributed by atoms with Crippen LogP contribution in [-0.2, 0) is 13.1 Å². The van der Waals surface area contributed by atoms with Gasteiger partial charge in [0.25, 0.3) is 5.56 Å². The third-order valence-corrected chi connectivity index (χ3v) is 7.20. The molecule has 1 aliphatic heterocycles. The highest BCUT2D eigenvalue weighted by molar-refractivity contribution is 7.22. The van der Waals surface area contributed by atoms with E-state index in [-0.39, 0.29) is 18.1 Å². The normalized spacial score (nSPS) is 15.9. The van der Waals surface area contributed by atoms with E-state index in [0.717, 1.165) is 30.0 Å². The Labute approximate surface area is 202 Å². The molecule has 1 aliphatic rings. The van der Waals surface area contributed by atoms with Crippen molar-refractivity contribution in [2.24, 2.45) is 5.73 Å². The van der Waals surface area contributed by atoms with E-state index in [4.69, 9.17) is 10.7 Å². The van der Waals surface area contributed by atoms with E-state index in [2.05, 4.69) is 28.4 Å². The van der Waals surface area contributed by atoms with Crippen LogP contribution >= 0.6 is 11.3 Å². The number of thiophene rings is 1. The minimum absolute atomic E-state index is 0.0479.